The van der Waals surface area contributed by atoms with Gasteiger partial charge in [0.2, 0.25) is 5.89 Å². The Hall–Kier alpha value is -2.44. The van der Waals surface area contributed by atoms with E-state index in [4.69, 9.17) is 4.52 Å². The number of nitrogens with one attached hydrogen (secondary N) is 1. The van der Waals surface area contributed by atoms with Crippen LogP contribution in [0, 0.1) is 5.82 Å². The van der Waals surface area contributed by atoms with Crippen molar-refractivity contribution in [2.45, 2.75) is 37.6 Å². The van der Waals surface area contributed by atoms with Crippen LogP contribution in [0.4, 0.5) is 14.9 Å². The fourth-order valence-electron chi connectivity index (χ4n) is 2.91. The number of rotatable bonds is 3. The van der Waals surface area contributed by atoms with Gasteiger partial charge in [0.1, 0.15) is 11.9 Å². The summed E-state index contributed by atoms with van der Waals surface area (Å²) in [7, 11) is 0. The van der Waals surface area contributed by atoms with E-state index in [0.717, 1.165) is 31.5 Å². The third-order valence-electron chi connectivity index (χ3n) is 4.31. The molecule has 23 heavy (non-hydrogen) atoms. The van der Waals surface area contributed by atoms with Crippen molar-refractivity contribution in [3.8, 4) is 0 Å². The number of carbonyl (C=O) groups is 1. The molecule has 2 aliphatic rings. The number of hydrogen-bond acceptors (Lipinski definition) is 4. The van der Waals surface area contributed by atoms with Gasteiger partial charge >= 0.3 is 6.03 Å². The number of para-hydroxylation sites is 1. The Morgan fingerprint density at radius 2 is 2.13 bits per heavy atom. The zero-order valence-corrected chi connectivity index (χ0v) is 12.5. The molecule has 2 fully saturated rings. The molecule has 1 unspecified atom stereocenters. The molecule has 6 nitrogen and oxygen atoms in total. The van der Waals surface area contributed by atoms with Gasteiger partial charge in [0, 0.05) is 12.5 Å². The first-order chi connectivity index (χ1) is 11.2. The molecule has 2 aromatic rings. The molecule has 2 amide bonds. The molecule has 1 saturated carbocycles. The summed E-state index contributed by atoms with van der Waals surface area (Å²) >= 11 is 0. The SMILES string of the molecule is O=C(Nc1ccccc1F)N1CCCC1c1nc(C2CC2)no1. The van der Waals surface area contributed by atoms with Crippen LogP contribution in [0.3, 0.4) is 0 Å². The number of nitrogens with zero attached hydrogens (tertiary/aromatic N) is 3. The lowest BCUT2D eigenvalue weighted by molar-refractivity contribution is 0.193. The quantitative estimate of drug-likeness (QED) is 0.941. The van der Waals surface area contributed by atoms with Crippen LogP contribution in [0.25, 0.3) is 0 Å². The molecule has 7 heteroatoms. The van der Waals surface area contributed by atoms with Crippen molar-refractivity contribution < 1.29 is 13.7 Å². The molecule has 0 bridgehead atoms. The zero-order chi connectivity index (χ0) is 15.8. The number of carbonyl (C=O) groups excluding carboxylic acids is 1. The Kier molecular flexibility index (Phi) is 3.48. The van der Waals surface area contributed by atoms with E-state index < -0.39 is 5.82 Å². The fraction of sp³-hybridized carbons (Fsp3) is 0.438. The molecule has 120 valence electrons. The second-order valence-corrected chi connectivity index (χ2v) is 6.03. The van der Waals surface area contributed by atoms with E-state index in [1.54, 1.807) is 17.0 Å². The maximum Gasteiger partial charge on any atom is 0.322 e. The van der Waals surface area contributed by atoms with E-state index >= 15 is 0 Å². The minimum atomic E-state index is -0.453. The summed E-state index contributed by atoms with van der Waals surface area (Å²) in [6, 6.07) is 5.54. The average Bonchev–Trinajstić information content (AvgIpc) is 3.10. The summed E-state index contributed by atoms with van der Waals surface area (Å²) in [5.74, 6) is 1.18. The molecule has 1 atom stereocenters. The summed E-state index contributed by atoms with van der Waals surface area (Å²) in [4.78, 5) is 18.5. The predicted octanol–water partition coefficient (Wildman–Crippen LogP) is 3.46. The van der Waals surface area contributed by atoms with Gasteiger partial charge in [-0.2, -0.15) is 4.98 Å². The van der Waals surface area contributed by atoms with E-state index in [1.807, 2.05) is 0 Å². The number of halogens is 1. The molecular weight excluding hydrogens is 299 g/mol. The topological polar surface area (TPSA) is 71.3 Å². The molecule has 4 rings (SSSR count). The third-order valence-corrected chi connectivity index (χ3v) is 4.31. The second-order valence-electron chi connectivity index (χ2n) is 6.03. The highest BCUT2D eigenvalue weighted by atomic mass is 19.1. The largest absolute Gasteiger partial charge is 0.337 e. The Bertz CT molecular complexity index is 728. The summed E-state index contributed by atoms with van der Waals surface area (Å²) < 4.78 is 19.0. The van der Waals surface area contributed by atoms with Crippen molar-refractivity contribution in [3.05, 3.63) is 41.8 Å². The molecule has 1 saturated heterocycles. The van der Waals surface area contributed by atoms with Crippen LogP contribution in [-0.2, 0) is 0 Å². The smallest absolute Gasteiger partial charge is 0.322 e. The summed E-state index contributed by atoms with van der Waals surface area (Å²) in [5.41, 5.74) is 0.173. The minimum absolute atomic E-state index is 0.173. The van der Waals surface area contributed by atoms with Gasteiger partial charge in [-0.1, -0.05) is 17.3 Å². The van der Waals surface area contributed by atoms with E-state index in [-0.39, 0.29) is 17.8 Å². The van der Waals surface area contributed by atoms with E-state index in [1.165, 1.54) is 12.1 Å². The molecule has 1 aliphatic carbocycles. The van der Waals surface area contributed by atoms with Crippen LogP contribution in [0.15, 0.2) is 28.8 Å². The number of urea groups is 1. The number of amides is 2. The van der Waals surface area contributed by atoms with Crippen molar-refractivity contribution in [2.24, 2.45) is 0 Å². The Balaban J connectivity index is 1.50. The Labute approximate surface area is 132 Å². The van der Waals surface area contributed by atoms with Crippen LogP contribution in [-0.4, -0.2) is 27.6 Å². The van der Waals surface area contributed by atoms with Crippen molar-refractivity contribution in [2.75, 3.05) is 11.9 Å². The highest BCUT2D eigenvalue weighted by Crippen LogP contribution is 2.39. The zero-order valence-electron chi connectivity index (χ0n) is 12.5. The van der Waals surface area contributed by atoms with Crippen LogP contribution in [0.2, 0.25) is 0 Å². The van der Waals surface area contributed by atoms with Crippen molar-refractivity contribution >= 4 is 11.7 Å². The second kappa shape index (κ2) is 5.64. The van der Waals surface area contributed by atoms with Gasteiger partial charge in [-0.05, 0) is 37.8 Å². The van der Waals surface area contributed by atoms with Gasteiger partial charge < -0.3 is 14.7 Å². The summed E-state index contributed by atoms with van der Waals surface area (Å²) in [5, 5.41) is 6.63. The van der Waals surface area contributed by atoms with Gasteiger partial charge in [0.25, 0.3) is 0 Å². The van der Waals surface area contributed by atoms with Crippen LogP contribution >= 0.6 is 0 Å². The summed E-state index contributed by atoms with van der Waals surface area (Å²) in [6.45, 7) is 0.589. The highest BCUT2D eigenvalue weighted by Gasteiger charge is 2.36. The van der Waals surface area contributed by atoms with E-state index in [0.29, 0.717) is 18.4 Å². The molecule has 2 heterocycles. The van der Waals surface area contributed by atoms with E-state index in [9.17, 15) is 9.18 Å². The Morgan fingerprint density at radius 1 is 1.30 bits per heavy atom. The van der Waals surface area contributed by atoms with Crippen LogP contribution in [0.5, 0.6) is 0 Å². The normalized spacial score (nSPS) is 20.7. The minimum Gasteiger partial charge on any atom is -0.337 e. The number of anilines is 1. The first-order valence-electron chi connectivity index (χ1n) is 7.88. The van der Waals surface area contributed by atoms with Crippen molar-refractivity contribution in [3.63, 3.8) is 0 Å². The van der Waals surface area contributed by atoms with Crippen molar-refractivity contribution in [1.29, 1.82) is 0 Å². The average molecular weight is 316 g/mol. The van der Waals surface area contributed by atoms with Gasteiger partial charge in [0.05, 0.1) is 5.69 Å². The number of hydrogen-bond donors (Lipinski definition) is 1. The fourth-order valence-corrected chi connectivity index (χ4v) is 2.91. The third kappa shape index (κ3) is 2.78. The maximum atomic E-state index is 13.7. The predicted molar refractivity (Wildman–Crippen MR) is 80.4 cm³/mol. The van der Waals surface area contributed by atoms with Crippen LogP contribution < -0.4 is 5.32 Å². The van der Waals surface area contributed by atoms with Gasteiger partial charge in [0.15, 0.2) is 5.82 Å². The molecule has 1 aromatic heterocycles. The molecule has 1 N–H and O–H groups in total. The molecule has 1 aromatic carbocycles. The van der Waals surface area contributed by atoms with Crippen molar-refractivity contribution in [1.82, 2.24) is 15.0 Å². The van der Waals surface area contributed by atoms with Gasteiger partial charge in [-0.15, -0.1) is 0 Å². The van der Waals surface area contributed by atoms with E-state index in [2.05, 4.69) is 15.5 Å². The van der Waals surface area contributed by atoms with Gasteiger partial charge in [-0.3, -0.25) is 0 Å². The monoisotopic (exact) mass is 316 g/mol. The molecule has 0 radical (unpaired) electrons. The first kappa shape index (κ1) is 14.2. The lowest BCUT2D eigenvalue weighted by Gasteiger charge is -2.22. The lowest BCUT2D eigenvalue weighted by atomic mass is 10.2. The highest BCUT2D eigenvalue weighted by molar-refractivity contribution is 5.89. The molecule has 1 aliphatic heterocycles. The molecular formula is C16H17FN4O2. The number of likely N-dealkylation sites (tertiary alicyclic amines) is 1. The first-order valence-corrected chi connectivity index (χ1v) is 7.88. The molecule has 0 spiro atoms. The standard InChI is InChI=1S/C16H17FN4O2/c17-11-4-1-2-5-12(11)18-16(22)21-9-3-6-13(21)15-19-14(20-23-15)10-7-8-10/h1-2,4-5,10,13H,3,6-9H2,(H,18,22). The van der Waals surface area contributed by atoms with Crippen LogP contribution in [0.1, 0.15) is 49.4 Å². The number of benzene rings is 1. The summed E-state index contributed by atoms with van der Waals surface area (Å²) in [6.07, 6.45) is 3.83. The lowest BCUT2D eigenvalue weighted by Crippen LogP contribution is -2.34. The maximum absolute atomic E-state index is 13.7. The Morgan fingerprint density at radius 3 is 2.91 bits per heavy atom. The van der Waals surface area contributed by atoms with Gasteiger partial charge in [-0.25, -0.2) is 9.18 Å². The number of aromatic nitrogens is 2.